The van der Waals surface area contributed by atoms with Crippen LogP contribution in [0.4, 0.5) is 13.2 Å². The van der Waals surface area contributed by atoms with Crippen molar-refractivity contribution in [3.05, 3.63) is 46.3 Å². The van der Waals surface area contributed by atoms with Crippen molar-refractivity contribution in [2.45, 2.75) is 38.7 Å². The number of alkyl halides is 4. The first-order valence-corrected chi connectivity index (χ1v) is 7.73. The number of hydrogen-bond acceptors (Lipinski definition) is 1. The molecule has 1 heterocycles. The first kappa shape index (κ1) is 16.1. The average Bonchev–Trinajstić information content (AvgIpc) is 2.71. The molecular weight excluding hydrogens is 345 g/mol. The van der Waals surface area contributed by atoms with Crippen molar-refractivity contribution in [3.63, 3.8) is 0 Å². The Morgan fingerprint density at radius 1 is 1.24 bits per heavy atom. The summed E-state index contributed by atoms with van der Waals surface area (Å²) in [5, 5.41) is 4.53. The lowest BCUT2D eigenvalue weighted by atomic mass is 10.1. The molecule has 1 aromatic carbocycles. The smallest absolute Gasteiger partial charge is 0.238 e. The molecule has 0 amide bonds. The molecule has 0 unspecified atom stereocenters. The van der Waals surface area contributed by atoms with Gasteiger partial charge in [0.1, 0.15) is 0 Å². The van der Waals surface area contributed by atoms with Gasteiger partial charge in [0.25, 0.3) is 0 Å². The molecule has 0 bridgehead atoms. The standard InChI is InChI=1S/C15H16BrF3N2/c1-4-13-9(2)20-21(10(13)3)12-6-5-11(8-16)14(7-12)15(17,18)19/h5-7H,4,8H2,1-3H3. The minimum atomic E-state index is -4.37. The Morgan fingerprint density at radius 2 is 1.90 bits per heavy atom. The SMILES string of the molecule is CCc1c(C)nn(-c2ccc(CBr)c(C(F)(F)F)c2)c1C. The third kappa shape index (κ3) is 3.00. The number of halogens is 4. The predicted octanol–water partition coefficient (Wildman–Crippen LogP) is 4.97. The van der Waals surface area contributed by atoms with Crippen LogP contribution in [0.25, 0.3) is 5.69 Å². The van der Waals surface area contributed by atoms with Gasteiger partial charge in [-0.25, -0.2) is 4.68 Å². The van der Waals surface area contributed by atoms with Gasteiger partial charge in [0, 0.05) is 11.0 Å². The van der Waals surface area contributed by atoms with Gasteiger partial charge in [-0.2, -0.15) is 18.3 Å². The highest BCUT2D eigenvalue weighted by atomic mass is 79.9. The minimum absolute atomic E-state index is 0.166. The van der Waals surface area contributed by atoms with Crippen LogP contribution >= 0.6 is 15.9 Å². The number of aromatic nitrogens is 2. The zero-order valence-electron chi connectivity index (χ0n) is 12.1. The molecule has 0 aliphatic heterocycles. The highest BCUT2D eigenvalue weighted by Crippen LogP contribution is 2.34. The summed E-state index contributed by atoms with van der Waals surface area (Å²) in [5.41, 5.74) is 2.86. The lowest BCUT2D eigenvalue weighted by molar-refractivity contribution is -0.138. The Morgan fingerprint density at radius 3 is 2.38 bits per heavy atom. The summed E-state index contributed by atoms with van der Waals surface area (Å²) >= 11 is 3.10. The fourth-order valence-electron chi connectivity index (χ4n) is 2.51. The molecular formula is C15H16BrF3N2. The Labute approximate surface area is 130 Å². The van der Waals surface area contributed by atoms with Crippen LogP contribution in [0.5, 0.6) is 0 Å². The highest BCUT2D eigenvalue weighted by Gasteiger charge is 2.33. The summed E-state index contributed by atoms with van der Waals surface area (Å²) in [5.74, 6) is 0. The van der Waals surface area contributed by atoms with Crippen LogP contribution in [-0.4, -0.2) is 9.78 Å². The zero-order chi connectivity index (χ0) is 15.8. The molecule has 0 aliphatic carbocycles. The normalized spacial score (nSPS) is 12.0. The van der Waals surface area contributed by atoms with Crippen molar-refractivity contribution in [2.75, 3.05) is 0 Å². The number of hydrogen-bond donors (Lipinski definition) is 0. The number of nitrogens with zero attached hydrogens (tertiary/aromatic N) is 2. The van der Waals surface area contributed by atoms with Gasteiger partial charge in [-0.05, 0) is 43.5 Å². The Balaban J connectivity index is 2.61. The van der Waals surface area contributed by atoms with E-state index in [1.54, 1.807) is 10.7 Å². The van der Waals surface area contributed by atoms with E-state index < -0.39 is 11.7 Å². The largest absolute Gasteiger partial charge is 0.416 e. The second-order valence-electron chi connectivity index (χ2n) is 4.89. The molecule has 0 N–H and O–H groups in total. The van der Waals surface area contributed by atoms with Gasteiger partial charge < -0.3 is 0 Å². The maximum Gasteiger partial charge on any atom is 0.416 e. The molecule has 6 heteroatoms. The second kappa shape index (κ2) is 5.83. The predicted molar refractivity (Wildman–Crippen MR) is 80.0 cm³/mol. The number of benzene rings is 1. The molecule has 0 saturated carbocycles. The van der Waals surface area contributed by atoms with E-state index in [4.69, 9.17) is 0 Å². The van der Waals surface area contributed by atoms with Gasteiger partial charge in [-0.15, -0.1) is 0 Å². The van der Waals surface area contributed by atoms with E-state index in [1.807, 2.05) is 20.8 Å². The van der Waals surface area contributed by atoms with E-state index >= 15 is 0 Å². The Bertz CT molecular complexity index is 660. The monoisotopic (exact) mass is 360 g/mol. The Kier molecular flexibility index (Phi) is 4.46. The van der Waals surface area contributed by atoms with Crippen LogP contribution < -0.4 is 0 Å². The summed E-state index contributed by atoms with van der Waals surface area (Å²) in [6, 6.07) is 4.33. The maximum atomic E-state index is 13.1. The number of aryl methyl sites for hydroxylation is 1. The molecule has 2 nitrogen and oxygen atoms in total. The lowest BCUT2D eigenvalue weighted by Crippen LogP contribution is -2.10. The third-order valence-corrected chi connectivity index (χ3v) is 4.19. The molecule has 0 fully saturated rings. The van der Waals surface area contributed by atoms with Crippen molar-refractivity contribution in [1.29, 1.82) is 0 Å². The van der Waals surface area contributed by atoms with Gasteiger partial charge in [-0.1, -0.05) is 28.9 Å². The molecule has 114 valence electrons. The molecule has 0 aliphatic rings. The van der Waals surface area contributed by atoms with Crippen LogP contribution in [-0.2, 0) is 17.9 Å². The van der Waals surface area contributed by atoms with Gasteiger partial charge in [0.15, 0.2) is 0 Å². The lowest BCUT2D eigenvalue weighted by Gasteiger charge is -2.14. The zero-order valence-corrected chi connectivity index (χ0v) is 13.6. The molecule has 2 aromatic rings. The maximum absolute atomic E-state index is 13.1. The molecule has 1 aromatic heterocycles. The van der Waals surface area contributed by atoms with Crippen LogP contribution in [0.2, 0.25) is 0 Å². The molecule has 21 heavy (non-hydrogen) atoms. The second-order valence-corrected chi connectivity index (χ2v) is 5.45. The van der Waals surface area contributed by atoms with Crippen molar-refractivity contribution in [1.82, 2.24) is 9.78 Å². The van der Waals surface area contributed by atoms with E-state index in [1.165, 1.54) is 6.07 Å². The quantitative estimate of drug-likeness (QED) is 0.707. The van der Waals surface area contributed by atoms with Gasteiger partial charge in [0.05, 0.1) is 16.9 Å². The van der Waals surface area contributed by atoms with Crippen molar-refractivity contribution >= 4 is 15.9 Å². The van der Waals surface area contributed by atoms with Crippen molar-refractivity contribution in [2.24, 2.45) is 0 Å². The summed E-state index contributed by atoms with van der Waals surface area (Å²) < 4.78 is 41.0. The van der Waals surface area contributed by atoms with Crippen LogP contribution in [0.3, 0.4) is 0 Å². The number of rotatable bonds is 3. The van der Waals surface area contributed by atoms with Crippen LogP contribution in [0.15, 0.2) is 18.2 Å². The van der Waals surface area contributed by atoms with Crippen molar-refractivity contribution in [3.8, 4) is 5.69 Å². The third-order valence-electron chi connectivity index (χ3n) is 3.58. The first-order chi connectivity index (χ1) is 9.79. The van der Waals surface area contributed by atoms with E-state index in [9.17, 15) is 13.2 Å². The molecule has 0 spiro atoms. The van der Waals surface area contributed by atoms with E-state index in [-0.39, 0.29) is 10.9 Å². The van der Waals surface area contributed by atoms with Crippen molar-refractivity contribution < 1.29 is 13.2 Å². The highest BCUT2D eigenvalue weighted by molar-refractivity contribution is 9.08. The molecule has 0 radical (unpaired) electrons. The van der Waals surface area contributed by atoms with Crippen LogP contribution in [0, 0.1) is 13.8 Å². The fraction of sp³-hybridized carbons (Fsp3) is 0.400. The van der Waals surface area contributed by atoms with Gasteiger partial charge >= 0.3 is 6.18 Å². The van der Waals surface area contributed by atoms with Crippen LogP contribution in [0.1, 0.15) is 35.0 Å². The minimum Gasteiger partial charge on any atom is -0.238 e. The summed E-state index contributed by atoms with van der Waals surface area (Å²) in [6.45, 7) is 5.76. The molecule has 2 rings (SSSR count). The topological polar surface area (TPSA) is 17.8 Å². The van der Waals surface area contributed by atoms with E-state index in [2.05, 4.69) is 21.0 Å². The fourth-order valence-corrected chi connectivity index (χ4v) is 3.00. The van der Waals surface area contributed by atoms with Gasteiger partial charge in [-0.3, -0.25) is 0 Å². The van der Waals surface area contributed by atoms with E-state index in [0.717, 1.165) is 29.4 Å². The average molecular weight is 361 g/mol. The summed E-state index contributed by atoms with van der Waals surface area (Å²) in [6.07, 6.45) is -3.56. The first-order valence-electron chi connectivity index (χ1n) is 6.61. The van der Waals surface area contributed by atoms with Gasteiger partial charge in [0.2, 0.25) is 0 Å². The summed E-state index contributed by atoms with van der Waals surface area (Å²) in [7, 11) is 0. The van der Waals surface area contributed by atoms with E-state index in [0.29, 0.717) is 5.69 Å². The summed E-state index contributed by atoms with van der Waals surface area (Å²) in [4.78, 5) is 0. The Hall–Kier alpha value is -1.30. The molecule has 0 saturated heterocycles. The molecule has 0 atom stereocenters.